The molecule has 138 valence electrons. The van der Waals surface area contributed by atoms with Gasteiger partial charge in [0.25, 0.3) is 0 Å². The molecule has 1 aliphatic rings. The maximum atomic E-state index is 12.0. The highest BCUT2D eigenvalue weighted by Crippen LogP contribution is 2.12. The maximum absolute atomic E-state index is 12.0. The Morgan fingerprint density at radius 2 is 1.96 bits per heavy atom. The number of hydrogen-bond donors (Lipinski definition) is 3. The van der Waals surface area contributed by atoms with Crippen LogP contribution in [0.2, 0.25) is 0 Å². The number of aliphatic imine (C=N–C) groups is 1. The van der Waals surface area contributed by atoms with Gasteiger partial charge in [-0.3, -0.25) is 9.59 Å². The van der Waals surface area contributed by atoms with Gasteiger partial charge < -0.3 is 20.9 Å². The van der Waals surface area contributed by atoms with Crippen LogP contribution in [0, 0.1) is 5.92 Å². The van der Waals surface area contributed by atoms with Crippen molar-refractivity contribution in [3.05, 3.63) is 0 Å². The van der Waals surface area contributed by atoms with Crippen LogP contribution in [0.3, 0.4) is 0 Å². The van der Waals surface area contributed by atoms with Gasteiger partial charge in [0.05, 0.1) is 0 Å². The lowest BCUT2D eigenvalue weighted by molar-refractivity contribution is -0.133. The van der Waals surface area contributed by atoms with Crippen molar-refractivity contribution in [1.29, 1.82) is 0 Å². The molecular formula is C17H33N5O2. The topological polar surface area (TPSA) is 85.8 Å². The molecule has 0 aromatic carbocycles. The first-order chi connectivity index (χ1) is 11.1. The second kappa shape index (κ2) is 8.89. The van der Waals surface area contributed by atoms with Crippen LogP contribution >= 0.6 is 0 Å². The second-order valence-corrected chi connectivity index (χ2v) is 7.56. The lowest BCUT2D eigenvalue weighted by Crippen LogP contribution is -2.46. The van der Waals surface area contributed by atoms with Gasteiger partial charge in [-0.2, -0.15) is 0 Å². The molecule has 24 heavy (non-hydrogen) atoms. The highest BCUT2D eigenvalue weighted by molar-refractivity contribution is 5.85. The van der Waals surface area contributed by atoms with E-state index in [9.17, 15) is 9.59 Å². The molecule has 0 saturated carbocycles. The minimum atomic E-state index is -0.262. The minimum Gasteiger partial charge on any atom is -0.357 e. The maximum Gasteiger partial charge on any atom is 0.242 e. The van der Waals surface area contributed by atoms with Crippen molar-refractivity contribution in [3.63, 3.8) is 0 Å². The van der Waals surface area contributed by atoms with Gasteiger partial charge in [-0.05, 0) is 34.1 Å². The number of amides is 2. The van der Waals surface area contributed by atoms with Crippen LogP contribution in [0.15, 0.2) is 4.99 Å². The van der Waals surface area contributed by atoms with E-state index in [0.29, 0.717) is 19.0 Å². The van der Waals surface area contributed by atoms with Gasteiger partial charge in [0.2, 0.25) is 11.8 Å². The third-order valence-corrected chi connectivity index (χ3v) is 3.57. The van der Waals surface area contributed by atoms with Crippen molar-refractivity contribution in [2.24, 2.45) is 10.9 Å². The van der Waals surface area contributed by atoms with Crippen molar-refractivity contribution in [2.45, 2.75) is 59.5 Å². The molecule has 1 fully saturated rings. The number of hydrogen-bond acceptors (Lipinski definition) is 3. The first-order valence-corrected chi connectivity index (χ1v) is 8.77. The number of nitrogens with one attached hydrogen (secondary N) is 3. The van der Waals surface area contributed by atoms with Crippen LogP contribution in [0.25, 0.3) is 0 Å². The van der Waals surface area contributed by atoms with E-state index in [1.807, 2.05) is 46.4 Å². The summed E-state index contributed by atoms with van der Waals surface area (Å²) in [4.78, 5) is 30.2. The molecule has 0 aliphatic carbocycles. The van der Waals surface area contributed by atoms with Crippen LogP contribution in [-0.4, -0.2) is 60.4 Å². The van der Waals surface area contributed by atoms with Crippen molar-refractivity contribution < 1.29 is 9.59 Å². The SMILES string of the molecule is CCNC(=NCC(=O)NC(C)(C)C)NC1CCN(C(=O)C(C)C)C1. The monoisotopic (exact) mass is 339 g/mol. The van der Waals surface area contributed by atoms with E-state index in [1.54, 1.807) is 0 Å². The number of carbonyl (C=O) groups excluding carboxylic acids is 2. The summed E-state index contributed by atoms with van der Waals surface area (Å²) in [6.07, 6.45) is 0.886. The summed E-state index contributed by atoms with van der Waals surface area (Å²) < 4.78 is 0. The van der Waals surface area contributed by atoms with E-state index >= 15 is 0 Å². The molecule has 0 spiro atoms. The van der Waals surface area contributed by atoms with Gasteiger partial charge in [-0.15, -0.1) is 0 Å². The fourth-order valence-corrected chi connectivity index (χ4v) is 2.57. The summed E-state index contributed by atoms with van der Waals surface area (Å²) in [6, 6.07) is 0.163. The van der Waals surface area contributed by atoms with Crippen LogP contribution < -0.4 is 16.0 Å². The zero-order valence-corrected chi connectivity index (χ0v) is 15.9. The second-order valence-electron chi connectivity index (χ2n) is 7.56. The number of carbonyl (C=O) groups is 2. The van der Waals surface area contributed by atoms with Crippen molar-refractivity contribution in [2.75, 3.05) is 26.2 Å². The van der Waals surface area contributed by atoms with Crippen molar-refractivity contribution in [3.8, 4) is 0 Å². The first-order valence-electron chi connectivity index (χ1n) is 8.77. The van der Waals surface area contributed by atoms with Gasteiger partial charge in [-0.1, -0.05) is 13.8 Å². The fraction of sp³-hybridized carbons (Fsp3) is 0.824. The lowest BCUT2D eigenvalue weighted by Gasteiger charge is -2.21. The predicted molar refractivity (Wildman–Crippen MR) is 96.8 cm³/mol. The molecule has 7 nitrogen and oxygen atoms in total. The Kier molecular flexibility index (Phi) is 7.51. The quantitative estimate of drug-likeness (QED) is 0.509. The van der Waals surface area contributed by atoms with E-state index in [-0.39, 0.29) is 35.9 Å². The third-order valence-electron chi connectivity index (χ3n) is 3.57. The fourth-order valence-electron chi connectivity index (χ4n) is 2.57. The number of guanidine groups is 1. The summed E-state index contributed by atoms with van der Waals surface area (Å²) in [5.74, 6) is 0.714. The molecule has 0 aromatic heterocycles. The largest absolute Gasteiger partial charge is 0.357 e. The number of nitrogens with zero attached hydrogens (tertiary/aromatic N) is 2. The Hall–Kier alpha value is -1.79. The van der Waals surface area contributed by atoms with E-state index < -0.39 is 0 Å². The summed E-state index contributed by atoms with van der Waals surface area (Å²) in [5.41, 5.74) is -0.262. The van der Waals surface area contributed by atoms with Gasteiger partial charge in [0, 0.05) is 37.1 Å². The molecule has 1 heterocycles. The molecule has 7 heteroatoms. The standard InChI is InChI=1S/C17H33N5O2/c1-7-18-16(19-10-14(23)21-17(4,5)6)20-13-8-9-22(11-13)15(24)12(2)3/h12-13H,7-11H2,1-6H3,(H,21,23)(H2,18,19,20). The Morgan fingerprint density at radius 3 is 2.50 bits per heavy atom. The Labute approximate surface area is 145 Å². The molecule has 1 rings (SSSR count). The molecule has 1 saturated heterocycles. The molecule has 1 aliphatic heterocycles. The van der Waals surface area contributed by atoms with E-state index in [1.165, 1.54) is 0 Å². The van der Waals surface area contributed by atoms with Crippen LogP contribution in [0.1, 0.15) is 48.0 Å². The van der Waals surface area contributed by atoms with Crippen molar-refractivity contribution in [1.82, 2.24) is 20.9 Å². The van der Waals surface area contributed by atoms with Gasteiger partial charge in [0.15, 0.2) is 5.96 Å². The molecule has 2 amide bonds. The highest BCUT2D eigenvalue weighted by atomic mass is 16.2. The molecule has 1 atom stereocenters. The number of rotatable bonds is 5. The van der Waals surface area contributed by atoms with Crippen LogP contribution in [0.5, 0.6) is 0 Å². The van der Waals surface area contributed by atoms with Crippen LogP contribution in [-0.2, 0) is 9.59 Å². The Bertz CT molecular complexity index is 468. The molecule has 3 N–H and O–H groups in total. The Balaban J connectivity index is 2.56. The number of likely N-dealkylation sites (tertiary alicyclic amines) is 1. The Morgan fingerprint density at radius 1 is 1.29 bits per heavy atom. The smallest absolute Gasteiger partial charge is 0.242 e. The summed E-state index contributed by atoms with van der Waals surface area (Å²) in [7, 11) is 0. The summed E-state index contributed by atoms with van der Waals surface area (Å²) in [5, 5.41) is 9.36. The molecule has 0 bridgehead atoms. The average molecular weight is 339 g/mol. The predicted octanol–water partition coefficient (Wildman–Crippen LogP) is 0.713. The van der Waals surface area contributed by atoms with Gasteiger partial charge in [0.1, 0.15) is 6.54 Å². The normalized spacial score (nSPS) is 18.7. The van der Waals surface area contributed by atoms with E-state index in [4.69, 9.17) is 0 Å². The molecule has 0 radical (unpaired) electrons. The first kappa shape index (κ1) is 20.3. The van der Waals surface area contributed by atoms with Crippen molar-refractivity contribution >= 4 is 17.8 Å². The van der Waals surface area contributed by atoms with Gasteiger partial charge in [-0.25, -0.2) is 4.99 Å². The zero-order chi connectivity index (χ0) is 18.3. The van der Waals surface area contributed by atoms with E-state index in [0.717, 1.165) is 13.0 Å². The van der Waals surface area contributed by atoms with Crippen LogP contribution in [0.4, 0.5) is 0 Å². The highest BCUT2D eigenvalue weighted by Gasteiger charge is 2.28. The minimum absolute atomic E-state index is 0.0201. The summed E-state index contributed by atoms with van der Waals surface area (Å²) in [6.45, 7) is 13.9. The lowest BCUT2D eigenvalue weighted by atomic mass is 10.1. The third kappa shape index (κ3) is 7.19. The molecular weight excluding hydrogens is 306 g/mol. The van der Waals surface area contributed by atoms with Gasteiger partial charge >= 0.3 is 0 Å². The average Bonchev–Trinajstić information content (AvgIpc) is 2.90. The van der Waals surface area contributed by atoms with E-state index in [2.05, 4.69) is 20.9 Å². The summed E-state index contributed by atoms with van der Waals surface area (Å²) >= 11 is 0. The molecule has 1 unspecified atom stereocenters. The zero-order valence-electron chi connectivity index (χ0n) is 15.9. The molecule has 0 aromatic rings.